The maximum Gasteiger partial charge on any atom is 0.407 e. The zero-order valence-corrected chi connectivity index (χ0v) is 20.7. The van der Waals surface area contributed by atoms with Crippen LogP contribution in [0.5, 0.6) is 0 Å². The number of anilines is 1. The lowest BCUT2D eigenvalue weighted by molar-refractivity contribution is -0.126. The first kappa shape index (κ1) is 27.5. The number of carbonyl (C=O) groups is 3. The Morgan fingerprint density at radius 1 is 1.18 bits per heavy atom. The molecule has 11 nitrogen and oxygen atoms in total. The van der Waals surface area contributed by atoms with E-state index in [1.54, 1.807) is 26.8 Å². The molecular formula is C22H35N5O6S. The summed E-state index contributed by atoms with van der Waals surface area (Å²) in [6.07, 6.45) is 1.27. The van der Waals surface area contributed by atoms with Gasteiger partial charge >= 0.3 is 6.09 Å². The minimum absolute atomic E-state index is 0.0727. The largest absolute Gasteiger partial charge is 0.444 e. The van der Waals surface area contributed by atoms with Gasteiger partial charge in [-0.25, -0.2) is 18.4 Å². The molecule has 12 heteroatoms. The van der Waals surface area contributed by atoms with Crippen LogP contribution in [0.25, 0.3) is 0 Å². The number of benzene rings is 1. The topological polar surface area (TPSA) is 160 Å². The molecule has 1 aliphatic heterocycles. The summed E-state index contributed by atoms with van der Waals surface area (Å²) in [4.78, 5) is 38.4. The molecule has 1 saturated heterocycles. The first-order chi connectivity index (χ1) is 15.8. The van der Waals surface area contributed by atoms with Crippen LogP contribution in [-0.2, 0) is 24.3 Å². The number of ether oxygens (including phenoxy) is 1. The van der Waals surface area contributed by atoms with Gasteiger partial charge in [0.2, 0.25) is 21.8 Å². The van der Waals surface area contributed by atoms with E-state index in [2.05, 4.69) is 20.9 Å². The number of likely N-dealkylation sites (tertiary alicyclic amines) is 1. The fourth-order valence-corrected chi connectivity index (χ4v) is 4.07. The number of alkyl carbamates (subject to hydrolysis) is 1. The fourth-order valence-electron chi connectivity index (χ4n) is 3.52. The molecule has 1 aromatic rings. The molecule has 2 rings (SSSR count). The van der Waals surface area contributed by atoms with E-state index in [0.29, 0.717) is 25.3 Å². The van der Waals surface area contributed by atoms with E-state index >= 15 is 0 Å². The molecule has 1 unspecified atom stereocenters. The van der Waals surface area contributed by atoms with Crippen LogP contribution in [0.4, 0.5) is 10.5 Å². The molecule has 0 saturated carbocycles. The zero-order valence-electron chi connectivity index (χ0n) is 19.9. The molecule has 1 atom stereocenters. The second-order valence-electron chi connectivity index (χ2n) is 9.23. The molecule has 1 aliphatic rings. The van der Waals surface area contributed by atoms with Crippen molar-refractivity contribution < 1.29 is 27.5 Å². The molecule has 3 amide bonds. The first-order valence-corrected chi connectivity index (χ1v) is 12.8. The van der Waals surface area contributed by atoms with Gasteiger partial charge in [0.1, 0.15) is 5.60 Å². The van der Waals surface area contributed by atoms with Crippen molar-refractivity contribution in [2.75, 3.05) is 38.0 Å². The number of piperidine rings is 1. The van der Waals surface area contributed by atoms with E-state index in [1.807, 2.05) is 0 Å². The first-order valence-electron chi connectivity index (χ1n) is 11.2. The van der Waals surface area contributed by atoms with Crippen molar-refractivity contribution >= 4 is 33.6 Å². The van der Waals surface area contributed by atoms with E-state index in [9.17, 15) is 22.8 Å². The van der Waals surface area contributed by atoms with E-state index in [4.69, 9.17) is 9.88 Å². The Bertz CT molecular complexity index is 976. The minimum Gasteiger partial charge on any atom is -0.444 e. The smallest absolute Gasteiger partial charge is 0.407 e. The summed E-state index contributed by atoms with van der Waals surface area (Å²) in [6.45, 7) is 7.71. The predicted octanol–water partition coefficient (Wildman–Crippen LogP) is 1.02. The van der Waals surface area contributed by atoms with Crippen molar-refractivity contribution in [2.45, 2.75) is 50.5 Å². The molecule has 1 heterocycles. The minimum atomic E-state index is -3.85. The molecular weight excluding hydrogens is 462 g/mol. The molecule has 0 radical (unpaired) electrons. The Kier molecular flexibility index (Phi) is 9.83. The number of nitrogens with one attached hydrogen (secondary N) is 3. The number of carbonyl (C=O) groups excluding carboxylic acids is 3. The molecule has 0 bridgehead atoms. The van der Waals surface area contributed by atoms with E-state index in [-0.39, 0.29) is 35.6 Å². The Labute approximate surface area is 200 Å². The van der Waals surface area contributed by atoms with Crippen LogP contribution < -0.4 is 21.1 Å². The summed E-state index contributed by atoms with van der Waals surface area (Å²) >= 11 is 0. The quantitative estimate of drug-likeness (QED) is 0.370. The van der Waals surface area contributed by atoms with Crippen molar-refractivity contribution in [3.8, 4) is 0 Å². The van der Waals surface area contributed by atoms with Gasteiger partial charge in [-0.1, -0.05) is 6.07 Å². The Balaban J connectivity index is 1.71. The average Bonchev–Trinajstić information content (AvgIpc) is 2.74. The monoisotopic (exact) mass is 497 g/mol. The van der Waals surface area contributed by atoms with Crippen molar-refractivity contribution in [2.24, 2.45) is 11.1 Å². The van der Waals surface area contributed by atoms with Crippen molar-refractivity contribution in [3.05, 3.63) is 24.3 Å². The van der Waals surface area contributed by atoms with Gasteiger partial charge in [0.05, 0.1) is 10.8 Å². The van der Waals surface area contributed by atoms with Gasteiger partial charge in [-0.15, -0.1) is 0 Å². The summed E-state index contributed by atoms with van der Waals surface area (Å²) in [5.74, 6) is -0.531. The zero-order chi connectivity index (χ0) is 25.4. The van der Waals surface area contributed by atoms with Crippen molar-refractivity contribution in [3.63, 3.8) is 0 Å². The second-order valence-corrected chi connectivity index (χ2v) is 10.8. The fraction of sp³-hybridized carbons (Fsp3) is 0.591. The van der Waals surface area contributed by atoms with Crippen molar-refractivity contribution in [1.82, 2.24) is 15.5 Å². The van der Waals surface area contributed by atoms with Gasteiger partial charge in [-0.3, -0.25) is 9.59 Å². The third-order valence-electron chi connectivity index (χ3n) is 5.07. The van der Waals surface area contributed by atoms with E-state index < -0.39 is 21.7 Å². The summed E-state index contributed by atoms with van der Waals surface area (Å²) in [6, 6.07) is 5.77. The van der Waals surface area contributed by atoms with Crippen LogP contribution in [-0.4, -0.2) is 69.6 Å². The number of amides is 3. The number of nitrogens with two attached hydrogens (primary N) is 1. The van der Waals surface area contributed by atoms with Crippen LogP contribution >= 0.6 is 0 Å². The predicted molar refractivity (Wildman–Crippen MR) is 127 cm³/mol. The highest BCUT2D eigenvalue weighted by atomic mass is 32.2. The van der Waals surface area contributed by atoms with E-state index in [1.165, 1.54) is 18.2 Å². The average molecular weight is 498 g/mol. The van der Waals surface area contributed by atoms with E-state index in [0.717, 1.165) is 19.4 Å². The normalized spacial score (nSPS) is 17.0. The lowest BCUT2D eigenvalue weighted by Gasteiger charge is -2.31. The van der Waals surface area contributed by atoms with Crippen molar-refractivity contribution in [1.29, 1.82) is 0 Å². The third kappa shape index (κ3) is 10.1. The summed E-state index contributed by atoms with van der Waals surface area (Å²) in [7, 11) is -3.85. The van der Waals surface area contributed by atoms with Crippen LogP contribution in [0.1, 0.15) is 40.0 Å². The molecule has 1 fully saturated rings. The SMILES string of the molecule is CC(C)(C)OC(=O)NCCNC(=O)C1CCCN(CCC(=O)Nc2cccc(S(N)(=O)=O)c2)C1. The molecule has 1 aromatic carbocycles. The van der Waals surface area contributed by atoms with Crippen LogP contribution in [0, 0.1) is 5.92 Å². The maximum atomic E-state index is 12.5. The highest BCUT2D eigenvalue weighted by Crippen LogP contribution is 2.18. The number of hydrogen-bond acceptors (Lipinski definition) is 7. The molecule has 0 aromatic heterocycles. The maximum absolute atomic E-state index is 12.5. The Hall–Kier alpha value is -2.70. The van der Waals surface area contributed by atoms with Gasteiger partial charge in [0.15, 0.2) is 0 Å². The summed E-state index contributed by atoms with van der Waals surface area (Å²) in [5.41, 5.74) is -0.224. The van der Waals surface area contributed by atoms with Crippen LogP contribution in [0.3, 0.4) is 0 Å². The van der Waals surface area contributed by atoms with Gasteiger partial charge in [0.25, 0.3) is 0 Å². The second kappa shape index (κ2) is 12.1. The molecule has 190 valence electrons. The Morgan fingerprint density at radius 2 is 1.88 bits per heavy atom. The van der Waals surface area contributed by atoms with Crippen LogP contribution in [0.15, 0.2) is 29.2 Å². The van der Waals surface area contributed by atoms with Crippen LogP contribution in [0.2, 0.25) is 0 Å². The summed E-state index contributed by atoms with van der Waals surface area (Å²) in [5, 5.41) is 13.2. The highest BCUT2D eigenvalue weighted by Gasteiger charge is 2.26. The highest BCUT2D eigenvalue weighted by molar-refractivity contribution is 7.89. The van der Waals surface area contributed by atoms with Gasteiger partial charge in [-0.2, -0.15) is 0 Å². The number of hydrogen-bond donors (Lipinski definition) is 4. The third-order valence-corrected chi connectivity index (χ3v) is 5.98. The number of rotatable bonds is 9. The lowest BCUT2D eigenvalue weighted by atomic mass is 9.97. The summed E-state index contributed by atoms with van der Waals surface area (Å²) < 4.78 is 28.1. The molecule has 0 spiro atoms. The molecule has 5 N–H and O–H groups in total. The van der Waals surface area contributed by atoms with Gasteiger partial charge < -0.3 is 25.6 Å². The van der Waals surface area contributed by atoms with Gasteiger partial charge in [-0.05, 0) is 58.4 Å². The molecule has 0 aliphatic carbocycles. The number of sulfonamides is 1. The standard InChI is InChI=1S/C22H35N5O6S/c1-22(2,3)33-21(30)25-11-10-24-20(29)16-6-5-12-27(15-16)13-9-19(28)26-17-7-4-8-18(14-17)34(23,31)32/h4,7-8,14,16H,5-6,9-13,15H2,1-3H3,(H,24,29)(H,25,30)(H,26,28)(H2,23,31,32). The van der Waals surface area contributed by atoms with Gasteiger partial charge in [0, 0.05) is 38.3 Å². The molecule has 34 heavy (non-hydrogen) atoms. The lowest BCUT2D eigenvalue weighted by Crippen LogP contribution is -2.45. The number of primary sulfonamides is 1. The number of nitrogens with zero attached hydrogens (tertiary/aromatic N) is 1. The Morgan fingerprint density at radius 3 is 2.56 bits per heavy atom.